The van der Waals surface area contributed by atoms with Crippen LogP contribution in [0.5, 0.6) is 0 Å². The van der Waals surface area contributed by atoms with Crippen molar-refractivity contribution in [3.05, 3.63) is 16.9 Å². The second-order valence-corrected chi connectivity index (χ2v) is 2.16. The first-order valence-electron chi connectivity index (χ1n) is 1.99. The summed E-state index contributed by atoms with van der Waals surface area (Å²) in [6, 6.07) is 1.94. The largest absolute Gasteiger partial charge is 0.272 e. The summed E-state index contributed by atoms with van der Waals surface area (Å²) in [7, 11) is 1.93. The Morgan fingerprint density at radius 3 is 2.71 bits per heavy atom. The Hall–Kier alpha value is -0.310. The number of H-pyrrole nitrogens is 1. The third kappa shape index (κ3) is 0.825. The molecular formula is C4H6BrN2+. The third-order valence-corrected chi connectivity index (χ3v) is 1.61. The van der Waals surface area contributed by atoms with Gasteiger partial charge in [-0.05, 0) is 0 Å². The van der Waals surface area contributed by atoms with Crippen LogP contribution in [0.4, 0.5) is 0 Å². The third-order valence-electron chi connectivity index (χ3n) is 0.809. The monoisotopic (exact) mass is 161 g/mol. The molecule has 0 aliphatic carbocycles. The van der Waals surface area contributed by atoms with Crippen molar-refractivity contribution in [2.24, 2.45) is 7.05 Å². The molecule has 0 aromatic carbocycles. The summed E-state index contributed by atoms with van der Waals surface area (Å²) in [5.41, 5.74) is 0. The minimum Gasteiger partial charge on any atom is -0.172 e. The van der Waals surface area contributed by atoms with E-state index in [1.165, 1.54) is 0 Å². The van der Waals surface area contributed by atoms with Crippen molar-refractivity contribution >= 4 is 15.9 Å². The lowest BCUT2D eigenvalue weighted by Gasteiger charge is -1.72. The molecule has 0 aliphatic rings. The average Bonchev–Trinajstić information content (AvgIpc) is 1.91. The van der Waals surface area contributed by atoms with Gasteiger partial charge in [0.2, 0.25) is 0 Å². The normalized spacial score (nSPS) is 9.43. The minimum atomic E-state index is 1.06. The highest BCUT2D eigenvalue weighted by molar-refractivity contribution is 9.10. The molecule has 0 amide bonds. The number of nitrogens with zero attached hydrogens (tertiary/aromatic N) is 1. The number of halogens is 1. The summed E-state index contributed by atoms with van der Waals surface area (Å²) in [6.45, 7) is 0. The molecule has 0 radical (unpaired) electrons. The Kier molecular flexibility index (Phi) is 1.15. The molecule has 0 unspecified atom stereocenters. The van der Waals surface area contributed by atoms with Crippen LogP contribution < -0.4 is 4.68 Å². The second-order valence-electron chi connectivity index (χ2n) is 1.34. The molecule has 1 aromatic heterocycles. The lowest BCUT2D eigenvalue weighted by molar-refractivity contribution is -0.736. The molecule has 38 valence electrons. The highest BCUT2D eigenvalue weighted by atomic mass is 79.9. The second kappa shape index (κ2) is 1.66. The van der Waals surface area contributed by atoms with Crippen molar-refractivity contribution < 1.29 is 4.68 Å². The van der Waals surface area contributed by atoms with Crippen LogP contribution in [0.2, 0.25) is 0 Å². The van der Waals surface area contributed by atoms with Gasteiger partial charge in [-0.2, -0.15) is 5.10 Å². The van der Waals surface area contributed by atoms with Crippen molar-refractivity contribution in [1.82, 2.24) is 5.10 Å². The topological polar surface area (TPSA) is 19.7 Å². The summed E-state index contributed by atoms with van der Waals surface area (Å²) >= 11 is 3.30. The zero-order valence-corrected chi connectivity index (χ0v) is 5.57. The fourth-order valence-electron chi connectivity index (χ4n) is 0.391. The van der Waals surface area contributed by atoms with Gasteiger partial charge >= 0.3 is 0 Å². The van der Waals surface area contributed by atoms with Gasteiger partial charge < -0.3 is 0 Å². The Morgan fingerprint density at radius 2 is 2.57 bits per heavy atom. The van der Waals surface area contributed by atoms with E-state index in [4.69, 9.17) is 0 Å². The standard InChI is InChI=1S/C4H5BrN2/c1-7-4(5)2-3-6-7/h2-3H,1H3/p+1. The van der Waals surface area contributed by atoms with Gasteiger partial charge in [0, 0.05) is 22.0 Å². The molecule has 7 heavy (non-hydrogen) atoms. The van der Waals surface area contributed by atoms with Crippen LogP contribution in [0.1, 0.15) is 0 Å². The van der Waals surface area contributed by atoms with E-state index in [1.54, 1.807) is 0 Å². The molecule has 1 aromatic rings. The van der Waals surface area contributed by atoms with Gasteiger partial charge in [-0.15, -0.1) is 4.68 Å². The first-order valence-corrected chi connectivity index (χ1v) is 2.79. The molecule has 3 heteroatoms. The summed E-state index contributed by atoms with van der Waals surface area (Å²) in [5.74, 6) is 0. The van der Waals surface area contributed by atoms with Gasteiger partial charge in [0.1, 0.15) is 0 Å². The number of hydrogen-bond acceptors (Lipinski definition) is 0. The summed E-state index contributed by atoms with van der Waals surface area (Å²) in [6.07, 6.45) is 1.87. The van der Waals surface area contributed by atoms with Crippen LogP contribution in [-0.4, -0.2) is 5.10 Å². The minimum absolute atomic E-state index is 1.06. The van der Waals surface area contributed by atoms with E-state index in [2.05, 4.69) is 21.0 Å². The number of hydrogen-bond donors (Lipinski definition) is 1. The zero-order valence-electron chi connectivity index (χ0n) is 3.98. The fourth-order valence-corrected chi connectivity index (χ4v) is 0.626. The molecular weight excluding hydrogens is 156 g/mol. The lowest BCUT2D eigenvalue weighted by atomic mass is 10.8. The first-order chi connectivity index (χ1) is 3.30. The van der Waals surface area contributed by atoms with Crippen LogP contribution in [-0.2, 0) is 7.05 Å². The number of aryl methyl sites for hydroxylation is 1. The Labute approximate surface area is 50.3 Å². The van der Waals surface area contributed by atoms with E-state index in [0.29, 0.717) is 0 Å². The van der Waals surface area contributed by atoms with E-state index in [0.717, 1.165) is 4.60 Å². The van der Waals surface area contributed by atoms with Gasteiger partial charge in [-0.3, -0.25) is 0 Å². The lowest BCUT2D eigenvalue weighted by Crippen LogP contribution is -2.30. The van der Waals surface area contributed by atoms with Crippen LogP contribution >= 0.6 is 15.9 Å². The maximum Gasteiger partial charge on any atom is 0.272 e. The van der Waals surface area contributed by atoms with E-state index < -0.39 is 0 Å². The smallest absolute Gasteiger partial charge is 0.172 e. The molecule has 0 saturated heterocycles. The SMILES string of the molecule is C[n+]1[nH]ccc1Br. The Balaban J connectivity index is 3.12. The van der Waals surface area contributed by atoms with Gasteiger partial charge in [0.05, 0.1) is 6.20 Å². The molecule has 0 aliphatic heterocycles. The van der Waals surface area contributed by atoms with Crippen molar-refractivity contribution in [2.75, 3.05) is 0 Å². The van der Waals surface area contributed by atoms with E-state index in [-0.39, 0.29) is 0 Å². The summed E-state index contributed by atoms with van der Waals surface area (Å²) < 4.78 is 2.94. The molecule has 2 nitrogen and oxygen atoms in total. The van der Waals surface area contributed by atoms with Gasteiger partial charge in [0.15, 0.2) is 7.05 Å². The predicted molar refractivity (Wildman–Crippen MR) is 29.7 cm³/mol. The summed E-state index contributed by atoms with van der Waals surface area (Å²) in [5, 5.41) is 2.94. The van der Waals surface area contributed by atoms with Crippen molar-refractivity contribution in [1.29, 1.82) is 0 Å². The molecule has 0 bridgehead atoms. The number of aromatic amines is 1. The van der Waals surface area contributed by atoms with E-state index in [1.807, 2.05) is 24.0 Å². The molecule has 1 heterocycles. The highest BCUT2D eigenvalue weighted by Crippen LogP contribution is 1.96. The average molecular weight is 162 g/mol. The molecule has 0 spiro atoms. The van der Waals surface area contributed by atoms with Crippen molar-refractivity contribution in [2.45, 2.75) is 0 Å². The fraction of sp³-hybridized carbons (Fsp3) is 0.250. The predicted octanol–water partition coefficient (Wildman–Crippen LogP) is 0.602. The van der Waals surface area contributed by atoms with Crippen LogP contribution in [0, 0.1) is 0 Å². The molecule has 1 rings (SSSR count). The molecule has 1 N–H and O–H groups in total. The quantitative estimate of drug-likeness (QED) is 0.539. The molecule has 0 atom stereocenters. The van der Waals surface area contributed by atoms with E-state index in [9.17, 15) is 0 Å². The van der Waals surface area contributed by atoms with Crippen LogP contribution in [0.25, 0.3) is 0 Å². The van der Waals surface area contributed by atoms with Gasteiger partial charge in [-0.25, -0.2) is 0 Å². The number of nitrogens with one attached hydrogen (secondary N) is 1. The number of aromatic nitrogens is 2. The van der Waals surface area contributed by atoms with E-state index >= 15 is 0 Å². The maximum absolute atomic E-state index is 3.30. The van der Waals surface area contributed by atoms with Gasteiger partial charge in [0.25, 0.3) is 4.60 Å². The summed E-state index contributed by atoms with van der Waals surface area (Å²) in [4.78, 5) is 0. The van der Waals surface area contributed by atoms with Crippen LogP contribution in [0.3, 0.4) is 0 Å². The van der Waals surface area contributed by atoms with Gasteiger partial charge in [-0.1, -0.05) is 0 Å². The Morgan fingerprint density at radius 1 is 1.86 bits per heavy atom. The van der Waals surface area contributed by atoms with Crippen molar-refractivity contribution in [3.8, 4) is 0 Å². The first kappa shape index (κ1) is 4.84. The molecule has 0 fully saturated rings. The Bertz CT molecular complexity index is 142. The zero-order chi connectivity index (χ0) is 5.28. The highest BCUT2D eigenvalue weighted by Gasteiger charge is 1.97. The maximum atomic E-state index is 3.30. The van der Waals surface area contributed by atoms with Crippen molar-refractivity contribution in [3.63, 3.8) is 0 Å². The number of rotatable bonds is 0. The van der Waals surface area contributed by atoms with Crippen LogP contribution in [0.15, 0.2) is 16.9 Å². The molecule has 0 saturated carbocycles.